The number of likely N-dealkylation sites (tertiary alicyclic amines) is 1. The molecule has 126 valence electrons. The zero-order chi connectivity index (χ0) is 17.0. The van der Waals surface area contributed by atoms with Gasteiger partial charge in [-0.15, -0.1) is 0 Å². The first-order valence-electron chi connectivity index (χ1n) is 7.25. The molecule has 1 aliphatic heterocycles. The average Bonchev–Trinajstić information content (AvgIpc) is 2.52. The van der Waals surface area contributed by atoms with Gasteiger partial charge in [0.15, 0.2) is 0 Å². The van der Waals surface area contributed by atoms with E-state index in [1.54, 1.807) is 0 Å². The van der Waals surface area contributed by atoms with Crippen molar-refractivity contribution >= 4 is 46.4 Å². The van der Waals surface area contributed by atoms with Gasteiger partial charge in [-0.2, -0.15) is 0 Å². The van der Waals surface area contributed by atoms with Crippen molar-refractivity contribution in [3.8, 4) is 0 Å². The number of nitro benzene ring substituents is 1. The van der Waals surface area contributed by atoms with E-state index < -0.39 is 20.8 Å². The van der Waals surface area contributed by atoms with Crippen LogP contribution in [0.2, 0.25) is 0 Å². The van der Waals surface area contributed by atoms with Gasteiger partial charge in [-0.25, -0.2) is 0 Å². The summed E-state index contributed by atoms with van der Waals surface area (Å²) in [6, 6.07) is 5.46. The number of non-ortho nitro benzene ring substituents is 1. The van der Waals surface area contributed by atoms with E-state index in [-0.39, 0.29) is 11.3 Å². The van der Waals surface area contributed by atoms with Gasteiger partial charge in [-0.05, 0) is 25.3 Å². The van der Waals surface area contributed by atoms with E-state index in [1.807, 2.05) is 0 Å². The number of benzene rings is 1. The van der Waals surface area contributed by atoms with Crippen LogP contribution in [0.1, 0.15) is 29.6 Å². The Hall–Kier alpha value is -1.08. The number of alkyl halides is 3. The number of quaternary nitrogens is 1. The van der Waals surface area contributed by atoms with E-state index in [4.69, 9.17) is 34.8 Å². The van der Waals surface area contributed by atoms with Crippen molar-refractivity contribution in [1.29, 1.82) is 0 Å². The summed E-state index contributed by atoms with van der Waals surface area (Å²) < 4.78 is -1.66. The number of hydrogen-bond donors (Lipinski definition) is 2. The second-order valence-electron chi connectivity index (χ2n) is 5.47. The lowest BCUT2D eigenvalue weighted by atomic mass is 10.1. The Morgan fingerprint density at radius 3 is 2.48 bits per heavy atom. The van der Waals surface area contributed by atoms with Gasteiger partial charge in [0.05, 0.1) is 18.0 Å². The van der Waals surface area contributed by atoms with Crippen LogP contribution in [-0.4, -0.2) is 33.9 Å². The Labute approximate surface area is 148 Å². The maximum atomic E-state index is 12.4. The highest BCUT2D eigenvalue weighted by molar-refractivity contribution is 6.68. The molecule has 0 aromatic heterocycles. The molecule has 2 rings (SSSR count). The number of piperidine rings is 1. The van der Waals surface area contributed by atoms with E-state index in [0.29, 0.717) is 0 Å². The summed E-state index contributed by atoms with van der Waals surface area (Å²) in [6.45, 7) is 1.60. The van der Waals surface area contributed by atoms with Gasteiger partial charge in [0.1, 0.15) is 0 Å². The summed E-state index contributed by atoms with van der Waals surface area (Å²) in [7, 11) is 0. The lowest BCUT2D eigenvalue weighted by molar-refractivity contribution is -0.931. The molecule has 0 unspecified atom stereocenters. The second-order valence-corrected chi connectivity index (χ2v) is 7.84. The smallest absolute Gasteiger partial charge is 0.270 e. The van der Waals surface area contributed by atoms with Crippen LogP contribution in [0, 0.1) is 10.1 Å². The molecule has 9 heteroatoms. The zero-order valence-electron chi connectivity index (χ0n) is 12.2. The Morgan fingerprint density at radius 1 is 1.26 bits per heavy atom. The van der Waals surface area contributed by atoms with Crippen LogP contribution in [0.15, 0.2) is 24.3 Å². The average molecular weight is 382 g/mol. The van der Waals surface area contributed by atoms with Crippen LogP contribution in [0.25, 0.3) is 0 Å². The van der Waals surface area contributed by atoms with Crippen LogP contribution >= 0.6 is 34.8 Å². The molecule has 1 aromatic carbocycles. The maximum absolute atomic E-state index is 12.4. The predicted octanol–water partition coefficient (Wildman–Crippen LogP) is 2.09. The van der Waals surface area contributed by atoms with Crippen molar-refractivity contribution < 1.29 is 14.6 Å². The summed E-state index contributed by atoms with van der Waals surface area (Å²) in [5.74, 6) is -0.497. The lowest BCUT2D eigenvalue weighted by Crippen LogP contribution is -3.20. The van der Waals surface area contributed by atoms with Crippen molar-refractivity contribution in [2.45, 2.75) is 29.2 Å². The van der Waals surface area contributed by atoms with Crippen LogP contribution in [0.3, 0.4) is 0 Å². The molecule has 1 atom stereocenters. The molecule has 0 radical (unpaired) electrons. The zero-order valence-corrected chi connectivity index (χ0v) is 14.5. The molecular weight excluding hydrogens is 365 g/mol. The maximum Gasteiger partial charge on any atom is 0.270 e. The summed E-state index contributed by atoms with van der Waals surface area (Å²) in [4.78, 5) is 23.6. The second kappa shape index (κ2) is 7.66. The third-order valence-corrected chi connectivity index (χ3v) is 4.48. The van der Waals surface area contributed by atoms with Gasteiger partial charge in [0.25, 0.3) is 15.4 Å². The van der Waals surface area contributed by atoms with Gasteiger partial charge in [-0.1, -0.05) is 40.9 Å². The van der Waals surface area contributed by atoms with Crippen molar-refractivity contribution in [3.05, 3.63) is 39.9 Å². The van der Waals surface area contributed by atoms with Crippen molar-refractivity contribution in [2.75, 3.05) is 13.1 Å². The number of halogens is 3. The lowest BCUT2D eigenvalue weighted by Gasteiger charge is -2.35. The fourth-order valence-corrected chi connectivity index (χ4v) is 3.31. The highest BCUT2D eigenvalue weighted by atomic mass is 35.6. The summed E-state index contributed by atoms with van der Waals surface area (Å²) >= 11 is 18.1. The summed E-state index contributed by atoms with van der Waals surface area (Å²) in [6.07, 6.45) is 2.41. The number of nitrogens with zero attached hydrogens (tertiary/aromatic N) is 1. The van der Waals surface area contributed by atoms with Crippen molar-refractivity contribution in [3.63, 3.8) is 0 Å². The van der Waals surface area contributed by atoms with Crippen LogP contribution in [0.4, 0.5) is 5.69 Å². The number of amides is 1. The molecule has 0 saturated carbocycles. The first-order valence-corrected chi connectivity index (χ1v) is 8.39. The van der Waals surface area contributed by atoms with Gasteiger partial charge in [0.2, 0.25) is 6.17 Å². The Morgan fingerprint density at radius 2 is 1.91 bits per heavy atom. The number of carbonyl (C=O) groups excluding carboxylic acids is 1. The Bertz CT molecular complexity index is 586. The molecule has 0 spiro atoms. The monoisotopic (exact) mass is 380 g/mol. The highest BCUT2D eigenvalue weighted by Gasteiger charge is 2.42. The van der Waals surface area contributed by atoms with Crippen molar-refractivity contribution in [2.24, 2.45) is 0 Å². The molecule has 1 aliphatic rings. The normalized spacial score (nSPS) is 17.5. The van der Waals surface area contributed by atoms with E-state index in [2.05, 4.69) is 5.32 Å². The Balaban J connectivity index is 2.17. The van der Waals surface area contributed by atoms with Crippen LogP contribution in [0.5, 0.6) is 0 Å². The summed E-state index contributed by atoms with van der Waals surface area (Å²) in [5.41, 5.74) is 0.00302. The number of rotatable bonds is 4. The molecule has 6 nitrogen and oxygen atoms in total. The first-order chi connectivity index (χ1) is 10.8. The molecule has 2 N–H and O–H groups in total. The topological polar surface area (TPSA) is 76.7 Å². The fraction of sp³-hybridized carbons (Fsp3) is 0.500. The standard InChI is InChI=1S/C14H16Cl3N3O3/c15-14(16,17)13(19-7-2-1-3-8-19)18-12(21)10-5-4-6-11(9-10)20(22)23/h4-6,9,13H,1-3,7-8H2,(H,18,21)/p+1/t13-/m1/s1. The molecule has 1 amide bonds. The van der Waals surface area contributed by atoms with Gasteiger partial charge >= 0.3 is 0 Å². The van der Waals surface area contributed by atoms with Crippen LogP contribution in [-0.2, 0) is 0 Å². The van der Waals surface area contributed by atoms with Crippen molar-refractivity contribution in [1.82, 2.24) is 5.32 Å². The van der Waals surface area contributed by atoms with Crippen LogP contribution < -0.4 is 10.2 Å². The summed E-state index contributed by atoms with van der Waals surface area (Å²) in [5, 5.41) is 13.5. The molecule has 0 bridgehead atoms. The van der Waals surface area contributed by atoms with E-state index in [9.17, 15) is 14.9 Å². The number of nitrogens with one attached hydrogen (secondary N) is 2. The molecular formula is C14H17Cl3N3O3+. The molecule has 1 heterocycles. The van der Waals surface area contributed by atoms with Gasteiger partial charge in [0, 0.05) is 17.7 Å². The molecule has 1 saturated heterocycles. The fourth-order valence-electron chi connectivity index (χ4n) is 2.69. The predicted molar refractivity (Wildman–Crippen MR) is 89.2 cm³/mol. The van der Waals surface area contributed by atoms with E-state index >= 15 is 0 Å². The Kier molecular flexibility index (Phi) is 6.08. The molecule has 23 heavy (non-hydrogen) atoms. The highest BCUT2D eigenvalue weighted by Crippen LogP contribution is 2.28. The van der Waals surface area contributed by atoms with Gasteiger partial charge in [-0.3, -0.25) is 20.2 Å². The van der Waals surface area contributed by atoms with E-state index in [0.717, 1.165) is 37.3 Å². The molecule has 1 aromatic rings. The third-order valence-electron chi connectivity index (χ3n) is 3.83. The first kappa shape index (κ1) is 18.3. The molecule has 0 aliphatic carbocycles. The SMILES string of the molecule is O=C(N[C@H]([NH+]1CCCCC1)C(Cl)(Cl)Cl)c1cccc([N+](=O)[O-])c1. The molecule has 1 fully saturated rings. The minimum absolute atomic E-state index is 0.159. The quantitative estimate of drug-likeness (QED) is 0.476. The third kappa shape index (κ3) is 4.94. The largest absolute Gasteiger partial charge is 0.312 e. The van der Waals surface area contributed by atoms with E-state index in [1.165, 1.54) is 24.3 Å². The minimum atomic E-state index is -1.66. The van der Waals surface area contributed by atoms with Gasteiger partial charge < -0.3 is 4.90 Å². The minimum Gasteiger partial charge on any atom is -0.312 e. The number of carbonyl (C=O) groups is 1. The number of hydrogen-bond acceptors (Lipinski definition) is 3. The number of nitro groups is 1.